The number of rotatable bonds is 9. The van der Waals surface area contributed by atoms with Gasteiger partial charge in [0.05, 0.1) is 26.4 Å². The van der Waals surface area contributed by atoms with E-state index in [-0.39, 0.29) is 24.3 Å². The highest BCUT2D eigenvalue weighted by molar-refractivity contribution is 5.66. The van der Waals surface area contributed by atoms with E-state index in [1.165, 1.54) is 17.0 Å². The molecule has 3 rings (SSSR count). The van der Waals surface area contributed by atoms with Crippen molar-refractivity contribution in [1.29, 1.82) is 0 Å². The van der Waals surface area contributed by atoms with Gasteiger partial charge in [-0.05, 0) is 55.8 Å². The second kappa shape index (κ2) is 10.3. The summed E-state index contributed by atoms with van der Waals surface area (Å²) in [7, 11) is 1.56. The summed E-state index contributed by atoms with van der Waals surface area (Å²) in [6, 6.07) is 11.0. The lowest BCUT2D eigenvalue weighted by molar-refractivity contribution is 0.0204. The molecule has 1 fully saturated rings. The maximum Gasteiger partial charge on any atom is 0.407 e. The molecule has 0 aliphatic carbocycles. The molecule has 1 amide bonds. The maximum absolute atomic E-state index is 13.0. The molecule has 1 aliphatic heterocycles. The van der Waals surface area contributed by atoms with Gasteiger partial charge in [-0.25, -0.2) is 9.18 Å². The molecule has 180 valence electrons. The van der Waals surface area contributed by atoms with Gasteiger partial charge in [0, 0.05) is 30.3 Å². The Morgan fingerprint density at radius 2 is 1.85 bits per heavy atom. The Bertz CT molecular complexity index is 950. The van der Waals surface area contributed by atoms with Gasteiger partial charge in [0.1, 0.15) is 11.6 Å². The van der Waals surface area contributed by atoms with Crippen molar-refractivity contribution in [3.63, 3.8) is 0 Å². The van der Waals surface area contributed by atoms with Crippen molar-refractivity contribution in [3.8, 4) is 17.2 Å². The Morgan fingerprint density at radius 3 is 2.45 bits per heavy atom. The van der Waals surface area contributed by atoms with E-state index in [0.717, 1.165) is 5.56 Å². The molecule has 2 aromatic carbocycles. The number of amides is 1. The third-order valence-electron chi connectivity index (χ3n) is 6.86. The fraction of sp³-hybridized carbons (Fsp3) is 0.480. The summed E-state index contributed by atoms with van der Waals surface area (Å²) in [5, 5.41) is 20.2. The Kier molecular flexibility index (Phi) is 7.68. The Balaban J connectivity index is 1.70. The van der Waals surface area contributed by atoms with Crippen molar-refractivity contribution in [1.82, 2.24) is 4.90 Å². The smallest absolute Gasteiger partial charge is 0.407 e. The van der Waals surface area contributed by atoms with Crippen LogP contribution in [-0.2, 0) is 0 Å². The van der Waals surface area contributed by atoms with Crippen LogP contribution in [0.3, 0.4) is 0 Å². The van der Waals surface area contributed by atoms with Gasteiger partial charge in [0.15, 0.2) is 11.5 Å². The summed E-state index contributed by atoms with van der Waals surface area (Å²) in [5.41, 5.74) is 0.222. The normalized spacial score (nSPS) is 23.3. The van der Waals surface area contributed by atoms with E-state index < -0.39 is 17.6 Å². The minimum Gasteiger partial charge on any atom is -0.493 e. The maximum atomic E-state index is 13.0. The molecule has 2 N–H and O–H groups in total. The molecular formula is C25H32FNO6. The number of ether oxygens (including phenoxy) is 3. The number of carboxylic acid groups (broad SMARTS) is 1. The first-order valence-electron chi connectivity index (χ1n) is 11.0. The van der Waals surface area contributed by atoms with Crippen LogP contribution in [0.2, 0.25) is 0 Å². The van der Waals surface area contributed by atoms with Gasteiger partial charge < -0.3 is 29.3 Å². The van der Waals surface area contributed by atoms with Crippen LogP contribution < -0.4 is 14.2 Å². The Morgan fingerprint density at radius 1 is 1.18 bits per heavy atom. The second-order valence-electron chi connectivity index (χ2n) is 8.62. The van der Waals surface area contributed by atoms with E-state index >= 15 is 0 Å². The molecule has 0 aromatic heterocycles. The zero-order chi connectivity index (χ0) is 24.2. The lowest BCUT2D eigenvalue weighted by Gasteiger charge is -2.38. The van der Waals surface area contributed by atoms with Crippen molar-refractivity contribution in [3.05, 3.63) is 53.8 Å². The van der Waals surface area contributed by atoms with Gasteiger partial charge in [0.2, 0.25) is 0 Å². The highest BCUT2D eigenvalue weighted by Crippen LogP contribution is 2.50. The standard InChI is InChI=1S/C25H32FNO6/c1-16-25(3,17(2)28)21(15-27(16)24(29)30)18-6-11-22(31-4)23(14-18)33-13-5-12-32-20-9-7-19(26)8-10-20/h6-11,14,16-17,21,28H,5,12-13,15H2,1-4H3,(H,29,30)/t16?,17-,21+,25+/m1/s1. The monoisotopic (exact) mass is 461 g/mol. The van der Waals surface area contributed by atoms with Crippen molar-refractivity contribution in [2.45, 2.75) is 45.3 Å². The Hall–Kier alpha value is -3.00. The minimum atomic E-state index is -0.997. The third-order valence-corrected chi connectivity index (χ3v) is 6.86. The molecule has 1 saturated heterocycles. The molecule has 1 aliphatic rings. The van der Waals surface area contributed by atoms with E-state index in [1.54, 1.807) is 32.2 Å². The molecule has 8 heteroatoms. The van der Waals surface area contributed by atoms with E-state index in [2.05, 4.69) is 0 Å². The van der Waals surface area contributed by atoms with E-state index in [4.69, 9.17) is 14.2 Å². The number of carbonyl (C=O) groups is 1. The number of aliphatic hydroxyl groups excluding tert-OH is 1. The second-order valence-corrected chi connectivity index (χ2v) is 8.62. The molecule has 0 bridgehead atoms. The number of halogens is 1. The molecule has 0 radical (unpaired) electrons. The summed E-state index contributed by atoms with van der Waals surface area (Å²) in [5.74, 6) is 1.18. The molecule has 4 atom stereocenters. The molecule has 7 nitrogen and oxygen atoms in total. The topological polar surface area (TPSA) is 88.5 Å². The van der Waals surface area contributed by atoms with Crippen LogP contribution in [0, 0.1) is 11.2 Å². The van der Waals surface area contributed by atoms with Gasteiger partial charge in [-0.15, -0.1) is 0 Å². The number of benzene rings is 2. The fourth-order valence-electron chi connectivity index (χ4n) is 4.51. The SMILES string of the molecule is COc1ccc([C@@H]2CN(C(=O)O)C(C)[C@@]2(C)[C@@H](C)O)cc1OCCCOc1ccc(F)cc1. The van der Waals surface area contributed by atoms with Crippen LogP contribution >= 0.6 is 0 Å². The molecule has 0 spiro atoms. The fourth-order valence-corrected chi connectivity index (χ4v) is 4.51. The molecule has 0 saturated carbocycles. The first kappa shape index (κ1) is 24.6. The number of hydrogen-bond donors (Lipinski definition) is 2. The van der Waals surface area contributed by atoms with Gasteiger partial charge in [-0.3, -0.25) is 0 Å². The van der Waals surface area contributed by atoms with Gasteiger partial charge in [-0.1, -0.05) is 13.0 Å². The highest BCUT2D eigenvalue weighted by atomic mass is 19.1. The zero-order valence-corrected chi connectivity index (χ0v) is 19.5. The van der Waals surface area contributed by atoms with Crippen LogP contribution in [0.25, 0.3) is 0 Å². The quantitative estimate of drug-likeness (QED) is 0.533. The number of aliphatic hydroxyl groups is 1. The third kappa shape index (κ3) is 5.16. The average Bonchev–Trinajstić information content (AvgIpc) is 3.07. The average molecular weight is 462 g/mol. The molecule has 33 heavy (non-hydrogen) atoms. The van der Waals surface area contributed by atoms with Gasteiger partial charge >= 0.3 is 6.09 Å². The lowest BCUT2D eigenvalue weighted by atomic mass is 9.69. The summed E-state index contributed by atoms with van der Waals surface area (Å²) in [6.07, 6.45) is -1.11. The summed E-state index contributed by atoms with van der Waals surface area (Å²) < 4.78 is 30.0. The van der Waals surface area contributed by atoms with Crippen molar-refractivity contribution in [2.75, 3.05) is 26.9 Å². The van der Waals surface area contributed by atoms with E-state index in [9.17, 15) is 19.4 Å². The zero-order valence-electron chi connectivity index (χ0n) is 19.5. The van der Waals surface area contributed by atoms with Gasteiger partial charge in [-0.2, -0.15) is 0 Å². The van der Waals surface area contributed by atoms with Crippen LogP contribution in [-0.4, -0.2) is 60.2 Å². The molecule has 1 unspecified atom stereocenters. The summed E-state index contributed by atoms with van der Waals surface area (Å²) >= 11 is 0. The number of hydrogen-bond acceptors (Lipinski definition) is 5. The molecule has 1 heterocycles. The van der Waals surface area contributed by atoms with Crippen molar-refractivity contribution < 1.29 is 33.6 Å². The van der Waals surface area contributed by atoms with Crippen LogP contribution in [0.5, 0.6) is 17.2 Å². The molecule has 2 aromatic rings. The van der Waals surface area contributed by atoms with Gasteiger partial charge in [0.25, 0.3) is 0 Å². The van der Waals surface area contributed by atoms with Crippen molar-refractivity contribution in [2.24, 2.45) is 5.41 Å². The summed E-state index contributed by atoms with van der Waals surface area (Å²) in [4.78, 5) is 13.1. The minimum absolute atomic E-state index is 0.210. The van der Waals surface area contributed by atoms with Crippen LogP contribution in [0.1, 0.15) is 38.7 Å². The largest absolute Gasteiger partial charge is 0.493 e. The highest BCUT2D eigenvalue weighted by Gasteiger charge is 2.53. The van der Waals surface area contributed by atoms with E-state index in [0.29, 0.717) is 36.9 Å². The summed E-state index contributed by atoms with van der Waals surface area (Å²) in [6.45, 7) is 6.53. The van der Waals surface area contributed by atoms with E-state index in [1.807, 2.05) is 26.0 Å². The lowest BCUT2D eigenvalue weighted by Crippen LogP contribution is -2.45. The first-order valence-corrected chi connectivity index (χ1v) is 11.0. The number of methoxy groups -OCH3 is 1. The predicted octanol–water partition coefficient (Wildman–Crippen LogP) is 4.54. The van der Waals surface area contributed by atoms with Crippen LogP contribution in [0.15, 0.2) is 42.5 Å². The number of likely N-dealkylation sites (tertiary alicyclic amines) is 1. The molecular weight excluding hydrogens is 429 g/mol. The first-order chi connectivity index (χ1) is 15.7. The number of nitrogens with zero attached hydrogens (tertiary/aromatic N) is 1. The van der Waals surface area contributed by atoms with Crippen LogP contribution in [0.4, 0.5) is 9.18 Å². The Labute approximate surface area is 193 Å². The predicted molar refractivity (Wildman–Crippen MR) is 122 cm³/mol. The van der Waals surface area contributed by atoms with Crippen molar-refractivity contribution >= 4 is 6.09 Å².